The maximum absolute atomic E-state index is 13.0. The fourth-order valence-corrected chi connectivity index (χ4v) is 4.52. The van der Waals surface area contributed by atoms with Crippen molar-refractivity contribution in [1.29, 1.82) is 5.41 Å². The summed E-state index contributed by atoms with van der Waals surface area (Å²) in [6.07, 6.45) is 4.93. The lowest BCUT2D eigenvalue weighted by Gasteiger charge is -2.39. The van der Waals surface area contributed by atoms with E-state index in [0.29, 0.717) is 43.9 Å². The summed E-state index contributed by atoms with van der Waals surface area (Å²) in [7, 11) is 0. The number of nitrogens with zero attached hydrogens (tertiary/aromatic N) is 3. The highest BCUT2D eigenvalue weighted by Gasteiger charge is 2.44. The van der Waals surface area contributed by atoms with Crippen molar-refractivity contribution in [3.05, 3.63) is 53.9 Å². The number of carbonyl (C=O) groups excluding carboxylic acids is 2. The van der Waals surface area contributed by atoms with Crippen LogP contribution in [0.4, 0.5) is 10.5 Å². The lowest BCUT2D eigenvalue weighted by molar-refractivity contribution is -0.160. The minimum absolute atomic E-state index is 0.0579. The molecule has 0 atom stereocenters. The number of nitrogens with two attached hydrogens (primary N) is 1. The summed E-state index contributed by atoms with van der Waals surface area (Å²) < 4.78 is 11.5. The van der Waals surface area contributed by atoms with Crippen molar-refractivity contribution in [2.24, 2.45) is 11.1 Å². The normalized spacial score (nSPS) is 16.7. The first-order chi connectivity index (χ1) is 16.9. The Hall–Kier alpha value is -3.82. The van der Waals surface area contributed by atoms with Gasteiger partial charge in [0.1, 0.15) is 17.8 Å². The van der Waals surface area contributed by atoms with Gasteiger partial charge in [0.15, 0.2) is 5.96 Å². The first kappa shape index (κ1) is 24.3. The highest BCUT2D eigenvalue weighted by atomic mass is 16.5. The van der Waals surface area contributed by atoms with Crippen molar-refractivity contribution < 1.29 is 19.1 Å². The second kappa shape index (κ2) is 10.6. The Bertz CT molecular complexity index is 1070. The predicted octanol–water partition coefficient (Wildman–Crippen LogP) is 2.59. The Morgan fingerprint density at radius 1 is 1.17 bits per heavy atom. The molecule has 1 aromatic heterocycles. The van der Waals surface area contributed by atoms with E-state index in [1.807, 2.05) is 23.1 Å². The summed E-state index contributed by atoms with van der Waals surface area (Å²) in [5, 5.41) is 10.5. The van der Waals surface area contributed by atoms with Gasteiger partial charge in [-0.15, -0.1) is 0 Å². The molecule has 1 saturated heterocycles. The molecule has 1 fully saturated rings. The van der Waals surface area contributed by atoms with Crippen molar-refractivity contribution in [3.63, 3.8) is 0 Å². The number of guanidine groups is 1. The van der Waals surface area contributed by atoms with Gasteiger partial charge in [0.05, 0.1) is 18.5 Å². The molecule has 0 saturated carbocycles. The van der Waals surface area contributed by atoms with Crippen LogP contribution in [0.5, 0.6) is 5.75 Å². The summed E-state index contributed by atoms with van der Waals surface area (Å²) in [6, 6.07) is 9.22. The second-order valence-corrected chi connectivity index (χ2v) is 8.94. The number of aromatic nitrogens is 1. The number of pyridine rings is 1. The average molecular weight is 481 g/mol. The average Bonchev–Trinajstić information content (AvgIpc) is 2.88. The van der Waals surface area contributed by atoms with Crippen LogP contribution in [0, 0.1) is 10.8 Å². The lowest BCUT2D eigenvalue weighted by Crippen LogP contribution is -2.50. The number of benzene rings is 1. The molecule has 1 aromatic carbocycles. The van der Waals surface area contributed by atoms with Gasteiger partial charge >= 0.3 is 12.0 Å². The summed E-state index contributed by atoms with van der Waals surface area (Å²) in [5.74, 6) is 0.421. The molecular formula is C25H32N6O4. The highest BCUT2D eigenvalue weighted by Crippen LogP contribution is 2.35. The van der Waals surface area contributed by atoms with Crippen LogP contribution in [-0.2, 0) is 22.5 Å². The molecule has 0 radical (unpaired) electrons. The zero-order chi connectivity index (χ0) is 24.8. The zero-order valence-electron chi connectivity index (χ0n) is 20.0. The minimum Gasteiger partial charge on any atom is -0.492 e. The Morgan fingerprint density at radius 3 is 2.66 bits per heavy atom. The largest absolute Gasteiger partial charge is 0.492 e. The number of amides is 2. The number of esters is 1. The lowest BCUT2D eigenvalue weighted by atomic mass is 9.79. The van der Waals surface area contributed by atoms with Gasteiger partial charge in [-0.1, -0.05) is 6.07 Å². The van der Waals surface area contributed by atoms with Gasteiger partial charge in [-0.3, -0.25) is 15.2 Å². The monoisotopic (exact) mass is 480 g/mol. The van der Waals surface area contributed by atoms with Gasteiger partial charge in [0, 0.05) is 32.4 Å². The Balaban J connectivity index is 1.41. The zero-order valence-corrected chi connectivity index (χ0v) is 20.0. The predicted molar refractivity (Wildman–Crippen MR) is 131 cm³/mol. The number of likely N-dealkylation sites (tertiary alicyclic amines) is 1. The van der Waals surface area contributed by atoms with E-state index in [0.717, 1.165) is 18.5 Å². The first-order valence-corrected chi connectivity index (χ1v) is 11.9. The van der Waals surface area contributed by atoms with E-state index in [9.17, 15) is 9.59 Å². The van der Waals surface area contributed by atoms with E-state index in [2.05, 4.69) is 10.3 Å². The van der Waals surface area contributed by atoms with Crippen LogP contribution in [0.1, 0.15) is 30.9 Å². The molecule has 2 aromatic rings. The number of hydrogen-bond acceptors (Lipinski definition) is 6. The van der Waals surface area contributed by atoms with Gasteiger partial charge in [0.2, 0.25) is 0 Å². The molecule has 2 aliphatic rings. The Kier molecular flexibility index (Phi) is 7.38. The molecule has 35 heavy (non-hydrogen) atoms. The highest BCUT2D eigenvalue weighted by molar-refractivity contribution is 5.89. The molecule has 0 unspecified atom stereocenters. The van der Waals surface area contributed by atoms with Crippen molar-refractivity contribution in [1.82, 2.24) is 14.8 Å². The van der Waals surface area contributed by atoms with Crippen LogP contribution in [0.3, 0.4) is 0 Å². The van der Waals surface area contributed by atoms with E-state index < -0.39 is 5.41 Å². The van der Waals surface area contributed by atoms with Gasteiger partial charge in [0.25, 0.3) is 0 Å². The van der Waals surface area contributed by atoms with Crippen molar-refractivity contribution in [3.8, 4) is 5.75 Å². The molecule has 10 heteroatoms. The number of rotatable bonds is 6. The van der Waals surface area contributed by atoms with E-state index in [-0.39, 0.29) is 31.2 Å². The van der Waals surface area contributed by atoms with Crippen LogP contribution in [0.2, 0.25) is 0 Å². The van der Waals surface area contributed by atoms with Crippen molar-refractivity contribution in [2.45, 2.75) is 32.7 Å². The number of anilines is 1. The SMILES string of the molecule is CCOC(=O)C1(COc2ccc3c(c2)CN(C(=N)N)CC3)CCN(C(=O)Nc2cccnc2)CC1. The third-order valence-electron chi connectivity index (χ3n) is 6.67. The van der Waals surface area contributed by atoms with Crippen LogP contribution < -0.4 is 15.8 Å². The van der Waals surface area contributed by atoms with Crippen molar-refractivity contribution >= 4 is 23.6 Å². The number of fused-ring (bicyclic) bond motifs is 1. The Morgan fingerprint density at radius 2 is 1.97 bits per heavy atom. The molecule has 186 valence electrons. The first-order valence-electron chi connectivity index (χ1n) is 11.9. The van der Waals surface area contributed by atoms with E-state index in [1.54, 1.807) is 36.4 Å². The van der Waals surface area contributed by atoms with Crippen molar-refractivity contribution in [2.75, 3.05) is 38.2 Å². The molecule has 4 N–H and O–H groups in total. The number of urea groups is 1. The summed E-state index contributed by atoms with van der Waals surface area (Å²) in [6.45, 7) is 4.33. The quantitative estimate of drug-likeness (QED) is 0.329. The number of carbonyl (C=O) groups is 2. The summed E-state index contributed by atoms with van der Waals surface area (Å²) in [4.78, 5) is 33.2. The number of ether oxygens (including phenoxy) is 2. The fourth-order valence-electron chi connectivity index (χ4n) is 4.52. The van der Waals surface area contributed by atoms with Gasteiger partial charge in [-0.05, 0) is 61.6 Å². The van der Waals surface area contributed by atoms with E-state index in [1.165, 1.54) is 5.56 Å². The molecule has 2 aliphatic heterocycles. The van der Waals surface area contributed by atoms with E-state index in [4.69, 9.17) is 20.6 Å². The van der Waals surface area contributed by atoms with Gasteiger partial charge in [-0.2, -0.15) is 0 Å². The number of piperidine rings is 1. The van der Waals surface area contributed by atoms with Crippen LogP contribution in [-0.4, -0.2) is 65.6 Å². The topological polar surface area (TPSA) is 134 Å². The molecule has 0 aliphatic carbocycles. The van der Waals surface area contributed by atoms with E-state index >= 15 is 0 Å². The number of nitrogens with one attached hydrogen (secondary N) is 2. The number of hydrogen-bond donors (Lipinski definition) is 3. The standard InChI is InChI=1S/C25H32N6O4/c1-2-34-22(32)25(8-12-30(13-9-25)24(33)29-20-4-3-10-28-15-20)17-35-21-6-5-18-7-11-31(23(26)27)16-19(18)14-21/h3-6,10,14-15H,2,7-9,11-13,16-17H2,1H3,(H3,26,27)(H,29,33). The van der Waals surface area contributed by atoms with Gasteiger partial charge < -0.3 is 30.3 Å². The summed E-state index contributed by atoms with van der Waals surface area (Å²) >= 11 is 0. The molecule has 0 bridgehead atoms. The Labute approximate surface area is 204 Å². The maximum Gasteiger partial charge on any atom is 0.321 e. The molecule has 0 spiro atoms. The minimum atomic E-state index is -0.831. The molecule has 3 heterocycles. The molecule has 10 nitrogen and oxygen atoms in total. The fraction of sp³-hybridized carbons (Fsp3) is 0.440. The summed E-state index contributed by atoms with van der Waals surface area (Å²) in [5.41, 5.74) is 7.73. The van der Waals surface area contributed by atoms with Gasteiger partial charge in [-0.25, -0.2) is 4.79 Å². The van der Waals surface area contributed by atoms with Crippen LogP contribution in [0.25, 0.3) is 0 Å². The molecule has 4 rings (SSSR count). The maximum atomic E-state index is 13.0. The third-order valence-corrected chi connectivity index (χ3v) is 6.67. The molecular weight excluding hydrogens is 448 g/mol. The van der Waals surface area contributed by atoms with Crippen LogP contribution in [0.15, 0.2) is 42.7 Å². The molecule has 2 amide bonds. The van der Waals surface area contributed by atoms with Crippen LogP contribution >= 0.6 is 0 Å². The third kappa shape index (κ3) is 5.64. The smallest absolute Gasteiger partial charge is 0.321 e. The second-order valence-electron chi connectivity index (χ2n) is 8.94.